The molecule has 0 unspecified atom stereocenters. The van der Waals surface area contributed by atoms with Crippen molar-refractivity contribution in [1.82, 2.24) is 10.2 Å². The topological polar surface area (TPSA) is 128 Å². The van der Waals surface area contributed by atoms with E-state index in [1.165, 1.54) is 35.8 Å². The lowest BCUT2D eigenvalue weighted by molar-refractivity contribution is -0.384. The number of anilines is 1. The first-order chi connectivity index (χ1) is 11.5. The van der Waals surface area contributed by atoms with Crippen LogP contribution in [0.2, 0.25) is 0 Å². The normalized spacial score (nSPS) is 11.0. The quantitative estimate of drug-likeness (QED) is 0.426. The summed E-state index contributed by atoms with van der Waals surface area (Å²) in [5.41, 5.74) is 7.13. The van der Waals surface area contributed by atoms with Crippen LogP contribution >= 0.6 is 11.3 Å². The Morgan fingerprint density at radius 1 is 1.25 bits per heavy atom. The van der Waals surface area contributed by atoms with Crippen molar-refractivity contribution >= 4 is 34.1 Å². The molecule has 2 aromatic carbocycles. The van der Waals surface area contributed by atoms with Gasteiger partial charge in [-0.1, -0.05) is 23.5 Å². The first kappa shape index (κ1) is 15.6. The van der Waals surface area contributed by atoms with Gasteiger partial charge in [0, 0.05) is 29.5 Å². The average Bonchev–Trinajstić information content (AvgIpc) is 3.01. The second kappa shape index (κ2) is 6.42. The highest BCUT2D eigenvalue weighted by molar-refractivity contribution is 7.18. The van der Waals surface area contributed by atoms with E-state index in [0.717, 1.165) is 5.56 Å². The lowest BCUT2D eigenvalue weighted by Gasteiger charge is -2.00. The zero-order valence-corrected chi connectivity index (χ0v) is 13.0. The molecule has 3 N–H and O–H groups in total. The summed E-state index contributed by atoms with van der Waals surface area (Å²) in [5, 5.41) is 29.4. The lowest BCUT2D eigenvalue weighted by Crippen LogP contribution is -1.90. The van der Waals surface area contributed by atoms with E-state index in [-0.39, 0.29) is 17.0 Å². The Bertz CT molecular complexity index is 938. The van der Waals surface area contributed by atoms with Crippen LogP contribution in [0.1, 0.15) is 5.56 Å². The molecule has 3 rings (SSSR count). The van der Waals surface area contributed by atoms with Crippen LogP contribution in [0.5, 0.6) is 5.75 Å². The fourth-order valence-electron chi connectivity index (χ4n) is 1.97. The van der Waals surface area contributed by atoms with Crippen molar-refractivity contribution in [1.29, 1.82) is 0 Å². The van der Waals surface area contributed by atoms with Crippen LogP contribution in [0.3, 0.4) is 0 Å². The highest BCUT2D eigenvalue weighted by Gasteiger charge is 2.09. The van der Waals surface area contributed by atoms with Crippen LogP contribution in [-0.4, -0.2) is 26.4 Å². The van der Waals surface area contributed by atoms with E-state index in [9.17, 15) is 15.2 Å². The Kier molecular flexibility index (Phi) is 4.17. The Balaban J connectivity index is 1.90. The second-order valence-electron chi connectivity index (χ2n) is 4.75. The molecule has 0 aliphatic heterocycles. The number of aromatic nitrogens is 2. The van der Waals surface area contributed by atoms with Gasteiger partial charge in [0.1, 0.15) is 10.8 Å². The molecule has 0 radical (unpaired) electrons. The summed E-state index contributed by atoms with van der Waals surface area (Å²) in [6, 6.07) is 10.9. The van der Waals surface area contributed by atoms with Crippen LogP contribution in [0, 0.1) is 10.1 Å². The smallest absolute Gasteiger partial charge is 0.270 e. The largest absolute Gasteiger partial charge is 0.507 e. The summed E-state index contributed by atoms with van der Waals surface area (Å²) in [6.45, 7) is 0. The maximum absolute atomic E-state index is 10.8. The highest BCUT2D eigenvalue weighted by Crippen LogP contribution is 2.28. The first-order valence-electron chi connectivity index (χ1n) is 6.74. The molecule has 0 amide bonds. The number of nitro benzene ring substituents is 1. The van der Waals surface area contributed by atoms with Crippen LogP contribution < -0.4 is 5.73 Å². The van der Waals surface area contributed by atoms with Crippen molar-refractivity contribution in [2.24, 2.45) is 4.99 Å². The van der Waals surface area contributed by atoms with Crippen molar-refractivity contribution in [3.63, 3.8) is 0 Å². The van der Waals surface area contributed by atoms with E-state index in [1.807, 2.05) is 6.07 Å². The summed E-state index contributed by atoms with van der Waals surface area (Å²) < 4.78 is 0. The molecule has 120 valence electrons. The minimum absolute atomic E-state index is 0.0857. The van der Waals surface area contributed by atoms with Gasteiger partial charge in [0.2, 0.25) is 5.13 Å². The summed E-state index contributed by atoms with van der Waals surface area (Å²) >= 11 is 1.26. The van der Waals surface area contributed by atoms with Crippen LogP contribution in [0.4, 0.5) is 16.5 Å². The molecular weight excluding hydrogens is 330 g/mol. The Morgan fingerprint density at radius 3 is 2.79 bits per heavy atom. The van der Waals surface area contributed by atoms with Gasteiger partial charge in [0.15, 0.2) is 0 Å². The first-order valence-corrected chi connectivity index (χ1v) is 7.55. The predicted octanol–water partition coefficient (Wildman–Crippen LogP) is 3.15. The maximum atomic E-state index is 10.8. The third kappa shape index (κ3) is 3.36. The lowest BCUT2D eigenvalue weighted by atomic mass is 10.2. The summed E-state index contributed by atoms with van der Waals surface area (Å²) in [6.07, 6.45) is 1.37. The summed E-state index contributed by atoms with van der Waals surface area (Å²) in [5.74, 6) is -0.0857. The van der Waals surface area contributed by atoms with Gasteiger partial charge in [-0.25, -0.2) is 0 Å². The third-order valence-electron chi connectivity index (χ3n) is 3.11. The van der Waals surface area contributed by atoms with Crippen LogP contribution in [-0.2, 0) is 0 Å². The number of non-ortho nitro benzene ring substituents is 1. The molecule has 1 aromatic heterocycles. The van der Waals surface area contributed by atoms with Crippen LogP contribution in [0.15, 0.2) is 47.5 Å². The monoisotopic (exact) mass is 341 g/mol. The Labute approximate surface area is 140 Å². The second-order valence-corrected chi connectivity index (χ2v) is 5.76. The highest BCUT2D eigenvalue weighted by atomic mass is 32.1. The number of nitrogen functional groups attached to an aromatic ring is 1. The van der Waals surface area contributed by atoms with E-state index in [2.05, 4.69) is 15.2 Å². The van der Waals surface area contributed by atoms with Gasteiger partial charge in [0.05, 0.1) is 10.6 Å². The number of nitrogens with zero attached hydrogens (tertiary/aromatic N) is 4. The van der Waals surface area contributed by atoms with Gasteiger partial charge in [-0.3, -0.25) is 15.1 Å². The number of nitrogens with two attached hydrogens (primary N) is 1. The zero-order valence-electron chi connectivity index (χ0n) is 12.2. The van der Waals surface area contributed by atoms with E-state index in [4.69, 9.17) is 5.73 Å². The number of aliphatic imine (C=N–C) groups is 1. The van der Waals surface area contributed by atoms with Gasteiger partial charge in [-0.15, -0.1) is 10.2 Å². The molecule has 0 aliphatic rings. The number of phenols is 1. The van der Waals surface area contributed by atoms with Crippen molar-refractivity contribution in [3.8, 4) is 16.3 Å². The van der Waals surface area contributed by atoms with E-state index < -0.39 is 4.92 Å². The van der Waals surface area contributed by atoms with E-state index in [1.54, 1.807) is 18.2 Å². The molecule has 0 saturated heterocycles. The van der Waals surface area contributed by atoms with Gasteiger partial charge >= 0.3 is 0 Å². The third-order valence-corrected chi connectivity index (χ3v) is 3.91. The van der Waals surface area contributed by atoms with Gasteiger partial charge in [-0.2, -0.15) is 0 Å². The molecule has 9 heteroatoms. The molecule has 0 bridgehead atoms. The molecular formula is C15H11N5O3S. The number of hydrogen-bond acceptors (Lipinski definition) is 8. The van der Waals surface area contributed by atoms with Crippen molar-refractivity contribution in [3.05, 3.63) is 58.1 Å². The van der Waals surface area contributed by atoms with Crippen molar-refractivity contribution < 1.29 is 10.0 Å². The number of aromatic hydroxyl groups is 1. The van der Waals surface area contributed by atoms with Gasteiger partial charge in [-0.05, 0) is 18.2 Å². The van der Waals surface area contributed by atoms with Gasteiger partial charge < -0.3 is 10.8 Å². The molecule has 24 heavy (non-hydrogen) atoms. The SMILES string of the molecule is Nc1nnc(-c2cccc(N=Cc3cc([N+](=O)[O-])ccc3O)c2)s1. The molecule has 0 atom stereocenters. The van der Waals surface area contributed by atoms with Gasteiger partial charge in [0.25, 0.3) is 5.69 Å². The van der Waals surface area contributed by atoms with Crippen molar-refractivity contribution in [2.75, 3.05) is 5.73 Å². The minimum Gasteiger partial charge on any atom is -0.507 e. The van der Waals surface area contributed by atoms with E-state index in [0.29, 0.717) is 15.8 Å². The minimum atomic E-state index is -0.530. The molecule has 1 heterocycles. The Hall–Kier alpha value is -3.33. The molecule has 3 aromatic rings. The number of benzene rings is 2. The predicted molar refractivity (Wildman–Crippen MR) is 91.8 cm³/mol. The molecule has 0 aliphatic carbocycles. The summed E-state index contributed by atoms with van der Waals surface area (Å²) in [7, 11) is 0. The number of hydrogen-bond donors (Lipinski definition) is 2. The molecule has 0 fully saturated rings. The number of nitro groups is 1. The Morgan fingerprint density at radius 2 is 2.08 bits per heavy atom. The summed E-state index contributed by atoms with van der Waals surface area (Å²) in [4.78, 5) is 14.5. The fraction of sp³-hybridized carbons (Fsp3) is 0. The van der Waals surface area contributed by atoms with Crippen LogP contribution in [0.25, 0.3) is 10.6 Å². The maximum Gasteiger partial charge on any atom is 0.270 e. The number of rotatable bonds is 4. The average molecular weight is 341 g/mol. The molecule has 0 saturated carbocycles. The molecule has 8 nitrogen and oxygen atoms in total. The standard InChI is InChI=1S/C15H11N5O3S/c16-15-19-18-14(24-15)9-2-1-3-11(6-9)17-8-10-7-12(20(22)23)4-5-13(10)21/h1-8,21H,(H2,16,19). The molecule has 0 spiro atoms. The van der Waals surface area contributed by atoms with E-state index >= 15 is 0 Å². The number of phenolic OH excluding ortho intramolecular Hbond substituents is 1. The van der Waals surface area contributed by atoms with Crippen molar-refractivity contribution in [2.45, 2.75) is 0 Å². The zero-order chi connectivity index (χ0) is 17.1. The fourth-order valence-corrected chi connectivity index (χ4v) is 2.58.